The number of hydrogen-bond acceptors (Lipinski definition) is 5. The van der Waals surface area contributed by atoms with Gasteiger partial charge in [-0.2, -0.15) is 0 Å². The van der Waals surface area contributed by atoms with E-state index in [0.717, 1.165) is 13.0 Å². The third kappa shape index (κ3) is 5.73. The first-order valence-electron chi connectivity index (χ1n) is 6.39. The lowest BCUT2D eigenvalue weighted by Gasteiger charge is -2.09. The second-order valence-electron chi connectivity index (χ2n) is 4.60. The number of furan rings is 1. The number of likely N-dealkylation sites (N-methyl/N-ethyl adjacent to an activating group) is 1. The predicted molar refractivity (Wildman–Crippen MR) is 74.4 cm³/mol. The second kappa shape index (κ2) is 7.64. The van der Waals surface area contributed by atoms with Crippen molar-refractivity contribution in [1.82, 2.24) is 14.9 Å². The third-order valence-corrected chi connectivity index (χ3v) is 3.81. The standard InChI is InChI=1S/C12H23N3O3S/c1-4-7-13-10-11-5-6-12(18-11)19(16,17)14-8-9-15(2)3/h5-6,13-14H,4,7-10H2,1-3H3. The minimum absolute atomic E-state index is 0.0282. The van der Waals surface area contributed by atoms with Crippen molar-refractivity contribution in [2.24, 2.45) is 0 Å². The Balaban J connectivity index is 2.53. The summed E-state index contributed by atoms with van der Waals surface area (Å²) in [6, 6.07) is 3.17. The van der Waals surface area contributed by atoms with Gasteiger partial charge in [-0.25, -0.2) is 13.1 Å². The van der Waals surface area contributed by atoms with E-state index in [1.54, 1.807) is 6.07 Å². The monoisotopic (exact) mass is 289 g/mol. The molecule has 1 aromatic heterocycles. The Bertz CT molecular complexity index is 468. The van der Waals surface area contributed by atoms with Gasteiger partial charge in [-0.05, 0) is 39.2 Å². The normalized spacial score (nSPS) is 12.2. The van der Waals surface area contributed by atoms with Crippen LogP contribution in [0.3, 0.4) is 0 Å². The van der Waals surface area contributed by atoms with Gasteiger partial charge in [0.25, 0.3) is 10.0 Å². The molecule has 0 aliphatic carbocycles. The van der Waals surface area contributed by atoms with Crippen LogP contribution in [0.1, 0.15) is 19.1 Å². The van der Waals surface area contributed by atoms with Crippen LogP contribution in [0.5, 0.6) is 0 Å². The molecule has 0 bridgehead atoms. The van der Waals surface area contributed by atoms with Gasteiger partial charge in [0.05, 0.1) is 6.54 Å². The largest absolute Gasteiger partial charge is 0.447 e. The summed E-state index contributed by atoms with van der Waals surface area (Å²) in [6.45, 7) is 4.49. The highest BCUT2D eigenvalue weighted by Crippen LogP contribution is 2.13. The summed E-state index contributed by atoms with van der Waals surface area (Å²) in [7, 11) is 0.238. The topological polar surface area (TPSA) is 74.6 Å². The van der Waals surface area contributed by atoms with Gasteiger partial charge in [0.2, 0.25) is 5.09 Å². The molecule has 0 fully saturated rings. The number of rotatable bonds is 9. The molecular weight excluding hydrogens is 266 g/mol. The van der Waals surface area contributed by atoms with Gasteiger partial charge in [-0.15, -0.1) is 0 Å². The van der Waals surface area contributed by atoms with Gasteiger partial charge < -0.3 is 14.6 Å². The number of nitrogens with zero attached hydrogens (tertiary/aromatic N) is 1. The average Bonchev–Trinajstić information content (AvgIpc) is 2.78. The fourth-order valence-electron chi connectivity index (χ4n) is 1.46. The summed E-state index contributed by atoms with van der Waals surface area (Å²) in [5, 5.41) is 3.13. The molecular formula is C12H23N3O3S. The first kappa shape index (κ1) is 16.2. The van der Waals surface area contributed by atoms with Crippen LogP contribution < -0.4 is 10.0 Å². The SMILES string of the molecule is CCCNCc1ccc(S(=O)(=O)NCCN(C)C)o1. The lowest BCUT2D eigenvalue weighted by molar-refractivity contribution is 0.393. The lowest BCUT2D eigenvalue weighted by Crippen LogP contribution is -2.31. The summed E-state index contributed by atoms with van der Waals surface area (Å²) >= 11 is 0. The van der Waals surface area contributed by atoms with Gasteiger partial charge in [0.1, 0.15) is 5.76 Å². The average molecular weight is 289 g/mol. The van der Waals surface area contributed by atoms with E-state index < -0.39 is 10.0 Å². The van der Waals surface area contributed by atoms with Crippen molar-refractivity contribution in [1.29, 1.82) is 0 Å². The maximum Gasteiger partial charge on any atom is 0.274 e. The van der Waals surface area contributed by atoms with E-state index in [-0.39, 0.29) is 5.09 Å². The predicted octanol–water partition coefficient (Wildman–Crippen LogP) is 0.619. The molecule has 0 saturated carbocycles. The van der Waals surface area contributed by atoms with Gasteiger partial charge >= 0.3 is 0 Å². The van der Waals surface area contributed by atoms with E-state index in [1.165, 1.54) is 6.07 Å². The van der Waals surface area contributed by atoms with E-state index in [2.05, 4.69) is 17.0 Å². The molecule has 19 heavy (non-hydrogen) atoms. The summed E-state index contributed by atoms with van der Waals surface area (Å²) in [4.78, 5) is 1.91. The van der Waals surface area contributed by atoms with E-state index >= 15 is 0 Å². The molecule has 2 N–H and O–H groups in total. The molecule has 0 saturated heterocycles. The zero-order valence-electron chi connectivity index (χ0n) is 11.8. The van der Waals surface area contributed by atoms with E-state index in [9.17, 15) is 8.42 Å². The minimum atomic E-state index is -3.54. The minimum Gasteiger partial charge on any atom is -0.447 e. The van der Waals surface area contributed by atoms with Crippen LogP contribution in [0.2, 0.25) is 0 Å². The van der Waals surface area contributed by atoms with Gasteiger partial charge in [-0.3, -0.25) is 0 Å². The van der Waals surface area contributed by atoms with Crippen molar-refractivity contribution in [2.75, 3.05) is 33.7 Å². The molecule has 0 radical (unpaired) electrons. The highest BCUT2D eigenvalue weighted by atomic mass is 32.2. The van der Waals surface area contributed by atoms with Crippen molar-refractivity contribution < 1.29 is 12.8 Å². The van der Waals surface area contributed by atoms with Gasteiger partial charge in [0, 0.05) is 13.1 Å². The van der Waals surface area contributed by atoms with Crippen LogP contribution in [-0.2, 0) is 16.6 Å². The van der Waals surface area contributed by atoms with Crippen LogP contribution in [-0.4, -0.2) is 47.0 Å². The molecule has 1 rings (SSSR count). The molecule has 0 unspecified atom stereocenters. The van der Waals surface area contributed by atoms with Crippen molar-refractivity contribution in [3.63, 3.8) is 0 Å². The van der Waals surface area contributed by atoms with Crippen molar-refractivity contribution in [2.45, 2.75) is 25.0 Å². The van der Waals surface area contributed by atoms with Gasteiger partial charge in [0.15, 0.2) is 0 Å². The lowest BCUT2D eigenvalue weighted by atomic mass is 10.4. The first-order valence-corrected chi connectivity index (χ1v) is 7.88. The fourth-order valence-corrected chi connectivity index (χ4v) is 2.43. The Labute approximate surface area is 115 Å². The second-order valence-corrected chi connectivity index (χ2v) is 6.30. The van der Waals surface area contributed by atoms with E-state index in [4.69, 9.17) is 4.42 Å². The Morgan fingerprint density at radius 2 is 2.00 bits per heavy atom. The highest BCUT2D eigenvalue weighted by molar-refractivity contribution is 7.89. The summed E-state index contributed by atoms with van der Waals surface area (Å²) in [5.74, 6) is 0.626. The van der Waals surface area contributed by atoms with Crippen LogP contribution >= 0.6 is 0 Å². The molecule has 7 heteroatoms. The number of nitrogens with one attached hydrogen (secondary N) is 2. The zero-order chi connectivity index (χ0) is 14.3. The van der Waals surface area contributed by atoms with Crippen molar-refractivity contribution in [3.8, 4) is 0 Å². The number of sulfonamides is 1. The van der Waals surface area contributed by atoms with Crippen LogP contribution in [0.15, 0.2) is 21.6 Å². The summed E-state index contributed by atoms with van der Waals surface area (Å²) in [6.07, 6.45) is 1.03. The Morgan fingerprint density at radius 3 is 2.63 bits per heavy atom. The third-order valence-electron chi connectivity index (χ3n) is 2.48. The maximum absolute atomic E-state index is 11.9. The van der Waals surface area contributed by atoms with Crippen LogP contribution in [0.4, 0.5) is 0 Å². The molecule has 0 amide bonds. The molecule has 0 aliphatic rings. The smallest absolute Gasteiger partial charge is 0.274 e. The quantitative estimate of drug-likeness (QED) is 0.652. The molecule has 1 aromatic rings. The summed E-state index contributed by atoms with van der Waals surface area (Å²) in [5.41, 5.74) is 0. The molecule has 0 aliphatic heterocycles. The Kier molecular flexibility index (Phi) is 6.50. The Hall–Kier alpha value is -0.890. The molecule has 6 nitrogen and oxygen atoms in total. The van der Waals surface area contributed by atoms with Crippen LogP contribution in [0, 0.1) is 0 Å². The molecule has 0 spiro atoms. The molecule has 110 valence electrons. The van der Waals surface area contributed by atoms with Crippen molar-refractivity contribution in [3.05, 3.63) is 17.9 Å². The Morgan fingerprint density at radius 1 is 1.26 bits per heavy atom. The number of hydrogen-bond donors (Lipinski definition) is 2. The molecule has 0 aromatic carbocycles. The van der Waals surface area contributed by atoms with E-state index in [1.807, 2.05) is 19.0 Å². The molecule has 0 atom stereocenters. The van der Waals surface area contributed by atoms with Crippen LogP contribution in [0.25, 0.3) is 0 Å². The van der Waals surface area contributed by atoms with E-state index in [0.29, 0.717) is 25.4 Å². The van der Waals surface area contributed by atoms with Crippen molar-refractivity contribution >= 4 is 10.0 Å². The molecule has 1 heterocycles. The van der Waals surface area contributed by atoms with Gasteiger partial charge in [-0.1, -0.05) is 6.92 Å². The first-order chi connectivity index (χ1) is 8.95. The highest BCUT2D eigenvalue weighted by Gasteiger charge is 2.18. The summed E-state index contributed by atoms with van der Waals surface area (Å²) < 4.78 is 31.7. The maximum atomic E-state index is 11.9. The zero-order valence-corrected chi connectivity index (χ0v) is 12.6. The fraction of sp³-hybridized carbons (Fsp3) is 0.667.